The van der Waals surface area contributed by atoms with Crippen molar-refractivity contribution >= 4 is 16.9 Å². The Morgan fingerprint density at radius 1 is 1.00 bits per heavy atom. The molecule has 168 valence electrons. The van der Waals surface area contributed by atoms with Gasteiger partial charge in [0, 0.05) is 13.1 Å². The van der Waals surface area contributed by atoms with Gasteiger partial charge in [0.1, 0.15) is 5.58 Å². The van der Waals surface area contributed by atoms with E-state index >= 15 is 0 Å². The van der Waals surface area contributed by atoms with Gasteiger partial charge < -0.3 is 23.7 Å². The van der Waals surface area contributed by atoms with Crippen LogP contribution in [0.1, 0.15) is 41.6 Å². The van der Waals surface area contributed by atoms with E-state index in [1.165, 1.54) is 0 Å². The largest absolute Gasteiger partial charge is 0.490 e. The fourth-order valence-corrected chi connectivity index (χ4v) is 4.09. The maximum Gasteiger partial charge on any atom is 0.290 e. The first-order valence-electron chi connectivity index (χ1n) is 10.9. The number of benzene rings is 2. The van der Waals surface area contributed by atoms with E-state index in [0.29, 0.717) is 54.3 Å². The first kappa shape index (κ1) is 21.9. The summed E-state index contributed by atoms with van der Waals surface area (Å²) in [7, 11) is 3.90. The van der Waals surface area contributed by atoms with Gasteiger partial charge in [-0.1, -0.05) is 18.2 Å². The molecule has 1 aliphatic heterocycles. The topological polar surface area (TPSA) is 72.2 Å². The fourth-order valence-electron chi connectivity index (χ4n) is 4.09. The molecule has 0 N–H and O–H groups in total. The Morgan fingerprint density at radius 2 is 1.72 bits per heavy atom. The van der Waals surface area contributed by atoms with Crippen LogP contribution in [0.5, 0.6) is 11.5 Å². The smallest absolute Gasteiger partial charge is 0.290 e. The second-order valence-electron chi connectivity index (χ2n) is 7.95. The van der Waals surface area contributed by atoms with Gasteiger partial charge in [0.05, 0.1) is 30.2 Å². The summed E-state index contributed by atoms with van der Waals surface area (Å²) < 4.78 is 17.5. The van der Waals surface area contributed by atoms with E-state index in [1.54, 1.807) is 29.2 Å². The predicted molar refractivity (Wildman–Crippen MR) is 123 cm³/mol. The van der Waals surface area contributed by atoms with Crippen molar-refractivity contribution in [3.8, 4) is 11.5 Å². The highest BCUT2D eigenvalue weighted by Crippen LogP contribution is 2.40. The van der Waals surface area contributed by atoms with Crippen molar-refractivity contribution in [2.75, 3.05) is 40.4 Å². The van der Waals surface area contributed by atoms with E-state index in [4.69, 9.17) is 13.9 Å². The van der Waals surface area contributed by atoms with Crippen LogP contribution < -0.4 is 14.9 Å². The van der Waals surface area contributed by atoms with Crippen molar-refractivity contribution < 1.29 is 18.7 Å². The van der Waals surface area contributed by atoms with Crippen LogP contribution >= 0.6 is 0 Å². The maximum atomic E-state index is 13.5. The lowest BCUT2D eigenvalue weighted by Crippen LogP contribution is -2.35. The van der Waals surface area contributed by atoms with Gasteiger partial charge >= 0.3 is 0 Å². The highest BCUT2D eigenvalue weighted by molar-refractivity contribution is 5.99. The summed E-state index contributed by atoms with van der Waals surface area (Å²) in [6.45, 7) is 5.90. The van der Waals surface area contributed by atoms with Gasteiger partial charge in [-0.3, -0.25) is 9.59 Å². The molecule has 0 unspecified atom stereocenters. The molecule has 2 aromatic carbocycles. The number of nitrogens with zero attached hydrogens (tertiary/aromatic N) is 2. The van der Waals surface area contributed by atoms with Gasteiger partial charge in [0.15, 0.2) is 16.9 Å². The lowest BCUT2D eigenvalue weighted by molar-refractivity contribution is 0.0716. The number of hydrogen-bond acceptors (Lipinski definition) is 6. The SMILES string of the molecule is CCOc1ccc([C@@H]2c3c(oc4ccccc4c3=O)C(=O)N2CCN(C)C)cc1OCC. The highest BCUT2D eigenvalue weighted by atomic mass is 16.5. The Hall–Kier alpha value is -3.32. The number of carbonyl (C=O) groups excluding carboxylic acids is 1. The molecule has 1 amide bonds. The molecular weight excluding hydrogens is 408 g/mol. The number of hydrogen-bond donors (Lipinski definition) is 0. The second kappa shape index (κ2) is 9.04. The molecule has 1 aliphatic rings. The number of para-hydroxylation sites is 1. The van der Waals surface area contributed by atoms with Crippen molar-refractivity contribution in [3.05, 3.63) is 69.6 Å². The minimum Gasteiger partial charge on any atom is -0.490 e. The van der Waals surface area contributed by atoms with E-state index in [2.05, 4.69) is 0 Å². The zero-order chi connectivity index (χ0) is 22.8. The van der Waals surface area contributed by atoms with Crippen LogP contribution in [-0.2, 0) is 0 Å². The van der Waals surface area contributed by atoms with Gasteiger partial charge in [-0.15, -0.1) is 0 Å². The summed E-state index contributed by atoms with van der Waals surface area (Å²) in [5.74, 6) is 1.06. The summed E-state index contributed by atoms with van der Waals surface area (Å²) in [5, 5.41) is 0.467. The van der Waals surface area contributed by atoms with Crippen LogP contribution in [-0.4, -0.2) is 56.1 Å². The molecule has 32 heavy (non-hydrogen) atoms. The standard InChI is InChI=1S/C25H28N2O5/c1-5-30-19-12-11-16(15-20(19)31-6-2)22-21-23(28)17-9-7-8-10-18(17)32-24(21)25(29)27(22)14-13-26(3)4/h7-12,15,22H,5-6,13-14H2,1-4H3/t22-/m1/s1. The maximum absolute atomic E-state index is 13.5. The Morgan fingerprint density at radius 3 is 2.44 bits per heavy atom. The molecule has 0 saturated heterocycles. The normalized spacial score (nSPS) is 15.5. The van der Waals surface area contributed by atoms with Gasteiger partial charge in [0.2, 0.25) is 5.76 Å². The first-order valence-corrected chi connectivity index (χ1v) is 10.9. The zero-order valence-electron chi connectivity index (χ0n) is 18.9. The molecule has 0 radical (unpaired) electrons. The average Bonchev–Trinajstić information content (AvgIpc) is 3.06. The summed E-state index contributed by atoms with van der Waals surface area (Å²) in [4.78, 5) is 30.6. The molecule has 2 heterocycles. The van der Waals surface area contributed by atoms with Gasteiger partial charge in [-0.25, -0.2) is 0 Å². The van der Waals surface area contributed by atoms with E-state index in [-0.39, 0.29) is 17.1 Å². The molecule has 0 bridgehead atoms. The Bertz CT molecular complexity index is 1200. The molecule has 1 aromatic heterocycles. The van der Waals surface area contributed by atoms with Gasteiger partial charge in [-0.2, -0.15) is 0 Å². The van der Waals surface area contributed by atoms with Crippen LogP contribution in [0.15, 0.2) is 51.7 Å². The number of fused-ring (bicyclic) bond motifs is 2. The third-order valence-corrected chi connectivity index (χ3v) is 5.54. The van der Waals surface area contributed by atoms with Crippen molar-refractivity contribution in [2.45, 2.75) is 19.9 Å². The molecule has 3 aromatic rings. The van der Waals surface area contributed by atoms with Crippen molar-refractivity contribution in [1.29, 1.82) is 0 Å². The number of likely N-dealkylation sites (N-methyl/N-ethyl adjacent to an activating group) is 1. The summed E-state index contributed by atoms with van der Waals surface area (Å²) in [5.41, 5.74) is 1.39. The third kappa shape index (κ3) is 3.84. The molecule has 7 heteroatoms. The molecular formula is C25H28N2O5. The van der Waals surface area contributed by atoms with E-state index in [1.807, 2.05) is 51.0 Å². The predicted octanol–water partition coefficient (Wildman–Crippen LogP) is 3.70. The van der Waals surface area contributed by atoms with Crippen LogP contribution in [0.4, 0.5) is 0 Å². The van der Waals surface area contributed by atoms with E-state index in [9.17, 15) is 9.59 Å². The van der Waals surface area contributed by atoms with Crippen molar-refractivity contribution in [2.24, 2.45) is 0 Å². The molecule has 0 fully saturated rings. The summed E-state index contributed by atoms with van der Waals surface area (Å²) in [6, 6.07) is 12.1. The van der Waals surface area contributed by atoms with Crippen LogP contribution in [0.3, 0.4) is 0 Å². The van der Waals surface area contributed by atoms with Crippen LogP contribution in [0.25, 0.3) is 11.0 Å². The average molecular weight is 437 g/mol. The van der Waals surface area contributed by atoms with Crippen molar-refractivity contribution in [3.63, 3.8) is 0 Å². The quantitative estimate of drug-likeness (QED) is 0.536. The Kier molecular flexibility index (Phi) is 6.19. The summed E-state index contributed by atoms with van der Waals surface area (Å²) >= 11 is 0. The lowest BCUT2D eigenvalue weighted by atomic mass is 9.98. The second-order valence-corrected chi connectivity index (χ2v) is 7.95. The van der Waals surface area contributed by atoms with E-state index < -0.39 is 6.04 Å². The highest BCUT2D eigenvalue weighted by Gasteiger charge is 2.42. The lowest BCUT2D eigenvalue weighted by Gasteiger charge is -2.27. The third-order valence-electron chi connectivity index (χ3n) is 5.54. The molecule has 0 saturated carbocycles. The zero-order valence-corrected chi connectivity index (χ0v) is 18.9. The molecule has 4 rings (SSSR count). The number of carbonyl (C=O) groups is 1. The Labute approximate surface area is 187 Å². The molecule has 0 spiro atoms. The number of amides is 1. The van der Waals surface area contributed by atoms with Crippen LogP contribution in [0, 0.1) is 0 Å². The minimum atomic E-state index is -0.562. The van der Waals surface area contributed by atoms with Gasteiger partial charge in [-0.05, 0) is 57.8 Å². The van der Waals surface area contributed by atoms with Gasteiger partial charge in [0.25, 0.3) is 5.91 Å². The summed E-state index contributed by atoms with van der Waals surface area (Å²) in [6.07, 6.45) is 0. The molecule has 7 nitrogen and oxygen atoms in total. The van der Waals surface area contributed by atoms with Crippen molar-refractivity contribution in [1.82, 2.24) is 9.80 Å². The van der Waals surface area contributed by atoms with Crippen LogP contribution in [0.2, 0.25) is 0 Å². The fraction of sp³-hybridized carbons (Fsp3) is 0.360. The van der Waals surface area contributed by atoms with E-state index in [0.717, 1.165) is 5.56 Å². The molecule has 0 aliphatic carbocycles. The number of ether oxygens (including phenoxy) is 2. The minimum absolute atomic E-state index is 0.115. The monoisotopic (exact) mass is 436 g/mol. The Balaban J connectivity index is 1.90. The first-order chi connectivity index (χ1) is 15.5. The molecule has 1 atom stereocenters. The number of rotatable bonds is 8.